The number of para-hydroxylation sites is 1. The molecule has 0 unspecified atom stereocenters. The molecule has 26 heavy (non-hydrogen) atoms. The molecule has 1 heterocycles. The van der Waals surface area contributed by atoms with Crippen LogP contribution in [0, 0.1) is 0 Å². The molecule has 6 heteroatoms. The molecule has 0 fully saturated rings. The summed E-state index contributed by atoms with van der Waals surface area (Å²) in [6.45, 7) is 0. The summed E-state index contributed by atoms with van der Waals surface area (Å²) in [4.78, 5) is 28.7. The Bertz CT molecular complexity index is 925. The van der Waals surface area contributed by atoms with Crippen molar-refractivity contribution < 1.29 is 9.59 Å². The van der Waals surface area contributed by atoms with E-state index in [2.05, 4.69) is 20.8 Å². The predicted molar refractivity (Wildman–Crippen MR) is 100 cm³/mol. The van der Waals surface area contributed by atoms with Gasteiger partial charge in [0.15, 0.2) is 0 Å². The maximum Gasteiger partial charge on any atom is 0.273 e. The Morgan fingerprint density at radius 2 is 1.65 bits per heavy atom. The molecule has 2 amide bonds. The van der Waals surface area contributed by atoms with Gasteiger partial charge in [0.25, 0.3) is 11.8 Å². The Labute approximate surface area is 150 Å². The lowest BCUT2D eigenvalue weighted by molar-refractivity contribution is 0.0956. The predicted octanol–water partition coefficient (Wildman–Crippen LogP) is 3.10. The van der Waals surface area contributed by atoms with Crippen molar-refractivity contribution in [3.05, 3.63) is 95.8 Å². The fourth-order valence-electron chi connectivity index (χ4n) is 2.25. The van der Waals surface area contributed by atoms with E-state index in [0.29, 0.717) is 16.8 Å². The molecule has 128 valence electrons. The van der Waals surface area contributed by atoms with Crippen molar-refractivity contribution in [2.24, 2.45) is 5.10 Å². The van der Waals surface area contributed by atoms with Gasteiger partial charge in [0.1, 0.15) is 0 Å². The van der Waals surface area contributed by atoms with Crippen molar-refractivity contribution in [1.29, 1.82) is 0 Å². The van der Waals surface area contributed by atoms with Crippen molar-refractivity contribution in [2.45, 2.75) is 0 Å². The van der Waals surface area contributed by atoms with Crippen molar-refractivity contribution in [3.63, 3.8) is 0 Å². The molecule has 0 aliphatic carbocycles. The van der Waals surface area contributed by atoms with Gasteiger partial charge in [-0.15, -0.1) is 0 Å². The maximum atomic E-state index is 12.4. The van der Waals surface area contributed by atoms with Gasteiger partial charge in [-0.1, -0.05) is 36.4 Å². The van der Waals surface area contributed by atoms with E-state index in [-0.39, 0.29) is 5.91 Å². The Morgan fingerprint density at radius 1 is 0.885 bits per heavy atom. The molecule has 0 atom stereocenters. The van der Waals surface area contributed by atoms with E-state index < -0.39 is 5.91 Å². The van der Waals surface area contributed by atoms with Crippen LogP contribution in [0.3, 0.4) is 0 Å². The molecule has 6 nitrogen and oxygen atoms in total. The monoisotopic (exact) mass is 344 g/mol. The van der Waals surface area contributed by atoms with E-state index in [9.17, 15) is 9.59 Å². The SMILES string of the molecule is O=C(Nc1ccccc1C(=O)NN=Cc1cccnc1)c1ccccc1. The average molecular weight is 344 g/mol. The molecular formula is C20H16N4O2. The number of hydrogen-bond acceptors (Lipinski definition) is 4. The molecule has 0 spiro atoms. The lowest BCUT2D eigenvalue weighted by Crippen LogP contribution is -2.21. The molecule has 0 radical (unpaired) electrons. The molecule has 2 N–H and O–H groups in total. The van der Waals surface area contributed by atoms with Gasteiger partial charge in [-0.05, 0) is 30.3 Å². The normalized spacial score (nSPS) is 10.5. The summed E-state index contributed by atoms with van der Waals surface area (Å²) in [5.41, 5.74) is 4.46. The van der Waals surface area contributed by atoms with Crippen LogP contribution < -0.4 is 10.7 Å². The Morgan fingerprint density at radius 3 is 2.42 bits per heavy atom. The number of rotatable bonds is 5. The van der Waals surface area contributed by atoms with Crippen molar-refractivity contribution >= 4 is 23.7 Å². The van der Waals surface area contributed by atoms with Gasteiger partial charge in [0.2, 0.25) is 0 Å². The van der Waals surface area contributed by atoms with Crippen LogP contribution in [-0.2, 0) is 0 Å². The van der Waals surface area contributed by atoms with Gasteiger partial charge in [-0.2, -0.15) is 5.10 Å². The van der Waals surface area contributed by atoms with E-state index in [0.717, 1.165) is 5.56 Å². The first-order chi connectivity index (χ1) is 12.7. The van der Waals surface area contributed by atoms with E-state index in [1.807, 2.05) is 12.1 Å². The topological polar surface area (TPSA) is 83.5 Å². The van der Waals surface area contributed by atoms with E-state index in [1.54, 1.807) is 67.0 Å². The molecule has 0 bridgehead atoms. The highest BCUT2D eigenvalue weighted by Gasteiger charge is 2.13. The highest BCUT2D eigenvalue weighted by molar-refractivity contribution is 6.09. The summed E-state index contributed by atoms with van der Waals surface area (Å²) in [5, 5.41) is 6.67. The summed E-state index contributed by atoms with van der Waals surface area (Å²) >= 11 is 0. The minimum Gasteiger partial charge on any atom is -0.321 e. The summed E-state index contributed by atoms with van der Waals surface area (Å²) in [7, 11) is 0. The van der Waals surface area contributed by atoms with Gasteiger partial charge in [0.05, 0.1) is 17.5 Å². The first-order valence-electron chi connectivity index (χ1n) is 7.93. The maximum absolute atomic E-state index is 12.4. The van der Waals surface area contributed by atoms with Crippen molar-refractivity contribution in [2.75, 3.05) is 5.32 Å². The number of benzene rings is 2. The largest absolute Gasteiger partial charge is 0.321 e. The molecule has 0 saturated carbocycles. The number of carbonyl (C=O) groups is 2. The van der Waals surface area contributed by atoms with Crippen molar-refractivity contribution in [3.8, 4) is 0 Å². The second kappa shape index (κ2) is 8.34. The molecule has 0 aliphatic rings. The zero-order valence-corrected chi connectivity index (χ0v) is 13.8. The van der Waals surface area contributed by atoms with Gasteiger partial charge in [-0.3, -0.25) is 14.6 Å². The minimum atomic E-state index is -0.422. The van der Waals surface area contributed by atoms with Crippen LogP contribution in [0.1, 0.15) is 26.3 Å². The Hall–Kier alpha value is -3.80. The highest BCUT2D eigenvalue weighted by atomic mass is 16.2. The van der Waals surface area contributed by atoms with Crippen LogP contribution in [0.15, 0.2) is 84.2 Å². The number of aromatic nitrogens is 1. The number of nitrogens with zero attached hydrogens (tertiary/aromatic N) is 2. The average Bonchev–Trinajstić information content (AvgIpc) is 2.70. The number of anilines is 1. The fraction of sp³-hybridized carbons (Fsp3) is 0. The van der Waals surface area contributed by atoms with Crippen LogP contribution in [0.5, 0.6) is 0 Å². The second-order valence-corrected chi connectivity index (χ2v) is 5.35. The van der Waals surface area contributed by atoms with E-state index in [4.69, 9.17) is 0 Å². The van der Waals surface area contributed by atoms with Crippen LogP contribution >= 0.6 is 0 Å². The van der Waals surface area contributed by atoms with Gasteiger partial charge >= 0.3 is 0 Å². The summed E-state index contributed by atoms with van der Waals surface area (Å²) in [5.74, 6) is -0.709. The number of amides is 2. The van der Waals surface area contributed by atoms with Crippen LogP contribution in [-0.4, -0.2) is 23.0 Å². The molecule has 0 aliphatic heterocycles. The lowest BCUT2D eigenvalue weighted by atomic mass is 10.1. The third-order valence-corrected chi connectivity index (χ3v) is 3.52. The Balaban J connectivity index is 1.71. The third kappa shape index (κ3) is 4.39. The van der Waals surface area contributed by atoms with Gasteiger partial charge in [0, 0.05) is 23.5 Å². The van der Waals surface area contributed by atoms with E-state index >= 15 is 0 Å². The third-order valence-electron chi connectivity index (χ3n) is 3.52. The first kappa shape index (κ1) is 17.0. The minimum absolute atomic E-state index is 0.287. The smallest absolute Gasteiger partial charge is 0.273 e. The number of carbonyl (C=O) groups excluding carboxylic acids is 2. The molecular weight excluding hydrogens is 328 g/mol. The molecule has 2 aromatic carbocycles. The number of hydrogen-bond donors (Lipinski definition) is 2. The second-order valence-electron chi connectivity index (χ2n) is 5.35. The molecule has 3 aromatic rings. The van der Waals surface area contributed by atoms with Gasteiger partial charge in [-0.25, -0.2) is 5.43 Å². The van der Waals surface area contributed by atoms with Crippen LogP contribution in [0.2, 0.25) is 0 Å². The zero-order chi connectivity index (χ0) is 18.2. The van der Waals surface area contributed by atoms with Gasteiger partial charge < -0.3 is 5.32 Å². The van der Waals surface area contributed by atoms with Crippen molar-refractivity contribution in [1.82, 2.24) is 10.4 Å². The van der Waals surface area contributed by atoms with Crippen LogP contribution in [0.4, 0.5) is 5.69 Å². The van der Waals surface area contributed by atoms with E-state index in [1.165, 1.54) is 6.21 Å². The summed E-state index contributed by atoms with van der Waals surface area (Å²) < 4.78 is 0. The standard InChI is InChI=1S/C20H16N4O2/c25-19(16-8-2-1-3-9-16)23-18-11-5-4-10-17(18)20(26)24-22-14-15-7-6-12-21-13-15/h1-14H,(H,23,25)(H,24,26). The Kier molecular flexibility index (Phi) is 5.47. The quantitative estimate of drug-likeness (QED) is 0.551. The molecule has 3 rings (SSSR count). The zero-order valence-electron chi connectivity index (χ0n) is 13.8. The highest BCUT2D eigenvalue weighted by Crippen LogP contribution is 2.16. The molecule has 0 saturated heterocycles. The first-order valence-corrected chi connectivity index (χ1v) is 7.93. The van der Waals surface area contributed by atoms with Crippen LogP contribution in [0.25, 0.3) is 0 Å². The summed E-state index contributed by atoms with van der Waals surface area (Å²) in [6, 6.07) is 19.1. The summed E-state index contributed by atoms with van der Waals surface area (Å²) in [6.07, 6.45) is 4.78. The number of pyridine rings is 1. The lowest BCUT2D eigenvalue weighted by Gasteiger charge is -2.10. The number of hydrazone groups is 1. The molecule has 1 aromatic heterocycles. The fourth-order valence-corrected chi connectivity index (χ4v) is 2.25. The number of nitrogens with one attached hydrogen (secondary N) is 2.